The molecule has 2 amide bonds. The highest BCUT2D eigenvalue weighted by molar-refractivity contribution is 8.13. The molecule has 0 radical (unpaired) electrons. The number of carbonyl (C=O) groups is 5. The maximum Gasteiger partial charge on any atom is 0.322 e. The summed E-state index contributed by atoms with van der Waals surface area (Å²) >= 11 is 0.913. The molecule has 0 aliphatic heterocycles. The predicted octanol–water partition coefficient (Wildman–Crippen LogP) is 3.38. The van der Waals surface area contributed by atoms with E-state index in [2.05, 4.69) is 29.7 Å². The monoisotopic (exact) mass is 543 g/mol. The van der Waals surface area contributed by atoms with Gasteiger partial charge in [-0.2, -0.15) is 0 Å². The number of aliphatic carboxylic acids is 2. The Morgan fingerprint density at radius 3 is 2.05 bits per heavy atom. The molecule has 0 bridgehead atoms. The summed E-state index contributed by atoms with van der Waals surface area (Å²) in [7, 11) is 0. The number of carbonyl (C=O) groups excluding carboxylic acids is 3. The molecule has 37 heavy (non-hydrogen) atoms. The fourth-order valence-corrected chi connectivity index (χ4v) is 4.26. The van der Waals surface area contributed by atoms with Crippen molar-refractivity contribution in [3.63, 3.8) is 0 Å². The molecule has 10 nitrogen and oxygen atoms in total. The molecule has 11 heteroatoms. The fraction of sp³-hybridized carbons (Fsp3) is 0.731. The summed E-state index contributed by atoms with van der Waals surface area (Å²) in [6.45, 7) is 1.59. The van der Waals surface area contributed by atoms with Crippen LogP contribution < -0.4 is 16.4 Å². The van der Waals surface area contributed by atoms with Crippen LogP contribution in [0.15, 0.2) is 12.2 Å². The molecule has 0 aromatic heterocycles. The molecule has 0 aliphatic rings. The van der Waals surface area contributed by atoms with Crippen LogP contribution in [0.25, 0.3) is 0 Å². The highest BCUT2D eigenvalue weighted by atomic mass is 32.2. The average Bonchev–Trinajstić information content (AvgIpc) is 2.86. The molecule has 0 aromatic rings. The van der Waals surface area contributed by atoms with E-state index in [1.54, 1.807) is 0 Å². The van der Waals surface area contributed by atoms with Gasteiger partial charge in [0.1, 0.15) is 18.6 Å². The van der Waals surface area contributed by atoms with E-state index in [9.17, 15) is 24.0 Å². The SMILES string of the molecule is CCCCCC/C=C\CCCCCCCC(=O)SC[C@H](NC(=O)CC[C@H](N)C(=O)O)C(=O)NCC(=O)O. The second-order valence-corrected chi connectivity index (χ2v) is 10.1. The lowest BCUT2D eigenvalue weighted by Gasteiger charge is -2.18. The molecule has 0 saturated heterocycles. The van der Waals surface area contributed by atoms with Crippen LogP contribution in [0.1, 0.15) is 96.8 Å². The molecule has 0 fully saturated rings. The first-order valence-electron chi connectivity index (χ1n) is 13.2. The Morgan fingerprint density at radius 2 is 1.46 bits per heavy atom. The van der Waals surface area contributed by atoms with Gasteiger partial charge in [-0.25, -0.2) is 0 Å². The van der Waals surface area contributed by atoms with E-state index in [4.69, 9.17) is 15.9 Å². The van der Waals surface area contributed by atoms with E-state index in [1.807, 2.05) is 0 Å². The van der Waals surface area contributed by atoms with Gasteiger partial charge in [-0.05, 0) is 38.5 Å². The van der Waals surface area contributed by atoms with Crippen molar-refractivity contribution in [1.29, 1.82) is 0 Å². The lowest BCUT2D eigenvalue weighted by molar-refractivity contribution is -0.139. The van der Waals surface area contributed by atoms with E-state index in [0.717, 1.165) is 56.7 Å². The highest BCUT2D eigenvalue weighted by Gasteiger charge is 2.23. The van der Waals surface area contributed by atoms with Crippen LogP contribution in [0.5, 0.6) is 0 Å². The number of nitrogens with two attached hydrogens (primary N) is 1. The average molecular weight is 544 g/mol. The number of carboxylic acid groups (broad SMARTS) is 2. The van der Waals surface area contributed by atoms with E-state index in [1.165, 1.54) is 25.7 Å². The highest BCUT2D eigenvalue weighted by Crippen LogP contribution is 2.14. The number of hydrogen-bond donors (Lipinski definition) is 5. The Balaban J connectivity index is 4.22. The Morgan fingerprint density at radius 1 is 0.865 bits per heavy atom. The van der Waals surface area contributed by atoms with Gasteiger partial charge in [-0.15, -0.1) is 0 Å². The summed E-state index contributed by atoms with van der Waals surface area (Å²) < 4.78 is 0. The van der Waals surface area contributed by atoms with Gasteiger partial charge in [0.05, 0.1) is 0 Å². The molecular weight excluding hydrogens is 498 g/mol. The van der Waals surface area contributed by atoms with Crippen LogP contribution in [0.3, 0.4) is 0 Å². The van der Waals surface area contributed by atoms with Gasteiger partial charge in [0, 0.05) is 18.6 Å². The van der Waals surface area contributed by atoms with Crippen molar-refractivity contribution >= 4 is 40.6 Å². The first-order valence-corrected chi connectivity index (χ1v) is 14.2. The van der Waals surface area contributed by atoms with Crippen molar-refractivity contribution in [2.24, 2.45) is 5.73 Å². The number of thioether (sulfide) groups is 1. The predicted molar refractivity (Wildman–Crippen MR) is 145 cm³/mol. The van der Waals surface area contributed by atoms with Crippen LogP contribution in [0.2, 0.25) is 0 Å². The Bertz CT molecular complexity index is 731. The first-order chi connectivity index (χ1) is 17.7. The van der Waals surface area contributed by atoms with E-state index in [0.29, 0.717) is 6.42 Å². The lowest BCUT2D eigenvalue weighted by atomic mass is 10.1. The molecule has 0 aromatic carbocycles. The number of rotatable bonds is 23. The maximum absolute atomic E-state index is 12.3. The van der Waals surface area contributed by atoms with E-state index in [-0.39, 0.29) is 23.7 Å². The molecule has 0 rings (SSSR count). The second kappa shape index (κ2) is 22.8. The second-order valence-electron chi connectivity index (χ2n) is 9.03. The Kier molecular flexibility index (Phi) is 21.3. The molecule has 0 spiro atoms. The van der Waals surface area contributed by atoms with Gasteiger partial charge in [0.2, 0.25) is 11.8 Å². The lowest BCUT2D eigenvalue weighted by Crippen LogP contribution is -2.49. The topological polar surface area (TPSA) is 176 Å². The summed E-state index contributed by atoms with van der Waals surface area (Å²) in [5.74, 6) is -3.87. The summed E-state index contributed by atoms with van der Waals surface area (Å²) in [4.78, 5) is 58.2. The Hall–Kier alpha value is -2.40. The zero-order valence-corrected chi connectivity index (χ0v) is 22.9. The minimum absolute atomic E-state index is 0.0498. The first kappa shape index (κ1) is 34.6. The molecule has 0 unspecified atom stereocenters. The van der Waals surface area contributed by atoms with Crippen molar-refractivity contribution in [3.05, 3.63) is 12.2 Å². The van der Waals surface area contributed by atoms with Gasteiger partial charge in [0.25, 0.3) is 0 Å². The normalized spacial score (nSPS) is 12.7. The zero-order valence-electron chi connectivity index (χ0n) is 22.0. The molecule has 0 saturated carbocycles. The number of hydrogen-bond acceptors (Lipinski definition) is 7. The van der Waals surface area contributed by atoms with Crippen molar-refractivity contribution < 1.29 is 34.2 Å². The smallest absolute Gasteiger partial charge is 0.322 e. The number of nitrogens with one attached hydrogen (secondary N) is 2. The standard InChI is InChI=1S/C26H45N3O7S/c1-2-3-4-5-6-7-8-9-10-11-12-13-14-15-24(33)37-19-21(25(34)28-18-23(31)32)29-22(30)17-16-20(27)26(35)36/h7-8,20-21H,2-6,9-19,27H2,1H3,(H,28,34)(H,29,30)(H,31,32)(H,35,36)/b8-7-/t20-,21-/m0/s1. The summed E-state index contributed by atoms with van der Waals surface area (Å²) in [6.07, 6.45) is 16.9. The largest absolute Gasteiger partial charge is 0.480 e. The minimum atomic E-state index is -1.24. The third-order valence-electron chi connectivity index (χ3n) is 5.62. The molecule has 212 valence electrons. The number of unbranched alkanes of at least 4 members (excludes halogenated alkanes) is 9. The van der Waals surface area contributed by atoms with Crippen molar-refractivity contribution in [1.82, 2.24) is 10.6 Å². The van der Waals surface area contributed by atoms with Crippen LogP contribution >= 0.6 is 11.8 Å². The molecule has 0 heterocycles. The van der Waals surface area contributed by atoms with Gasteiger partial charge in [0.15, 0.2) is 5.12 Å². The van der Waals surface area contributed by atoms with E-state index >= 15 is 0 Å². The zero-order chi connectivity index (χ0) is 27.9. The van der Waals surface area contributed by atoms with Gasteiger partial charge < -0.3 is 26.6 Å². The number of carboxylic acids is 2. The van der Waals surface area contributed by atoms with Crippen LogP contribution in [-0.4, -0.2) is 63.5 Å². The van der Waals surface area contributed by atoms with Crippen LogP contribution in [-0.2, 0) is 24.0 Å². The fourth-order valence-electron chi connectivity index (χ4n) is 3.38. The summed E-state index contributed by atoms with van der Waals surface area (Å²) in [5.41, 5.74) is 5.38. The maximum atomic E-state index is 12.3. The summed E-state index contributed by atoms with van der Waals surface area (Å²) in [5, 5.41) is 22.1. The number of amides is 2. The quantitative estimate of drug-likeness (QED) is 0.0955. The minimum Gasteiger partial charge on any atom is -0.480 e. The van der Waals surface area contributed by atoms with Gasteiger partial charge >= 0.3 is 11.9 Å². The van der Waals surface area contributed by atoms with Gasteiger partial charge in [-0.3, -0.25) is 24.0 Å². The summed E-state index contributed by atoms with van der Waals surface area (Å²) in [6, 6.07) is -2.33. The van der Waals surface area contributed by atoms with Gasteiger partial charge in [-0.1, -0.05) is 69.4 Å². The molecule has 0 aliphatic carbocycles. The molecule has 2 atom stereocenters. The third-order valence-corrected chi connectivity index (χ3v) is 6.64. The van der Waals surface area contributed by atoms with E-state index < -0.39 is 42.4 Å². The number of allylic oxidation sites excluding steroid dienone is 2. The van der Waals surface area contributed by atoms with Crippen molar-refractivity contribution in [3.8, 4) is 0 Å². The van der Waals surface area contributed by atoms with Crippen molar-refractivity contribution in [2.75, 3.05) is 12.3 Å². The van der Waals surface area contributed by atoms with Crippen LogP contribution in [0.4, 0.5) is 0 Å². The molecule has 6 N–H and O–H groups in total. The third kappa shape index (κ3) is 21.4. The molecular formula is C26H45N3O7S. The van der Waals surface area contributed by atoms with Crippen molar-refractivity contribution in [2.45, 2.75) is 109 Å². The Labute approximate surface area is 224 Å². The van der Waals surface area contributed by atoms with Crippen LogP contribution in [0, 0.1) is 0 Å².